The van der Waals surface area contributed by atoms with Gasteiger partial charge < -0.3 is 10.4 Å². The number of phenols is 1. The lowest BCUT2D eigenvalue weighted by Crippen LogP contribution is -2.12. The van der Waals surface area contributed by atoms with E-state index >= 15 is 0 Å². The van der Waals surface area contributed by atoms with E-state index in [1.807, 2.05) is 30.3 Å². The molecule has 2 aromatic carbocycles. The molecule has 4 aromatic rings. The topological polar surface area (TPSA) is 79.5 Å². The minimum Gasteiger partial charge on any atom is -0.508 e. The highest BCUT2D eigenvalue weighted by Gasteiger charge is 2.08. The Labute approximate surface area is 143 Å². The quantitative estimate of drug-likeness (QED) is 0.604. The summed E-state index contributed by atoms with van der Waals surface area (Å²) in [4.78, 5) is 16.4. The molecule has 4 rings (SSSR count). The number of carbonyl (C=O) groups excluding carboxylic acids is 1. The van der Waals surface area contributed by atoms with Gasteiger partial charge in [-0.3, -0.25) is 4.79 Å². The van der Waals surface area contributed by atoms with Gasteiger partial charge in [-0.1, -0.05) is 24.3 Å². The average Bonchev–Trinajstić information content (AvgIpc) is 3.10. The van der Waals surface area contributed by atoms with Crippen molar-refractivity contribution in [2.45, 2.75) is 0 Å². The van der Waals surface area contributed by atoms with Crippen LogP contribution in [0.2, 0.25) is 0 Å². The smallest absolute Gasteiger partial charge is 0.257 e. The van der Waals surface area contributed by atoms with E-state index in [2.05, 4.69) is 15.4 Å². The van der Waals surface area contributed by atoms with Crippen LogP contribution in [-0.4, -0.2) is 25.6 Å². The number of aromatic hydroxyl groups is 1. The van der Waals surface area contributed by atoms with Crippen LogP contribution >= 0.6 is 0 Å². The van der Waals surface area contributed by atoms with E-state index < -0.39 is 0 Å². The van der Waals surface area contributed by atoms with Gasteiger partial charge in [-0.05, 0) is 47.5 Å². The highest BCUT2D eigenvalue weighted by Crippen LogP contribution is 2.24. The number of hydrogen-bond acceptors (Lipinski definition) is 4. The first-order valence-corrected chi connectivity index (χ1v) is 7.69. The molecule has 6 nitrogen and oxygen atoms in total. The summed E-state index contributed by atoms with van der Waals surface area (Å²) in [5.41, 5.74) is 3.74. The van der Waals surface area contributed by atoms with E-state index in [1.165, 1.54) is 6.33 Å². The zero-order valence-corrected chi connectivity index (χ0v) is 13.1. The number of phenolic OH excluding ortho intramolecular Hbond substituents is 1. The van der Waals surface area contributed by atoms with Gasteiger partial charge in [0.2, 0.25) is 0 Å². The second kappa shape index (κ2) is 6.09. The summed E-state index contributed by atoms with van der Waals surface area (Å²) >= 11 is 0. The van der Waals surface area contributed by atoms with Crippen LogP contribution in [0, 0.1) is 0 Å². The normalized spacial score (nSPS) is 10.7. The van der Waals surface area contributed by atoms with Gasteiger partial charge in [0.05, 0.1) is 5.56 Å². The van der Waals surface area contributed by atoms with Gasteiger partial charge in [0.15, 0.2) is 5.65 Å². The number of nitrogens with zero attached hydrogens (tertiary/aromatic N) is 3. The molecule has 0 unspecified atom stereocenters. The Hall–Kier alpha value is -3.67. The van der Waals surface area contributed by atoms with Crippen LogP contribution < -0.4 is 5.32 Å². The molecule has 2 heterocycles. The molecular formula is C19H14N4O2. The SMILES string of the molecule is O=C(Nc1ccc(-c2cccc(O)c2)cc1)c1ccc2ncnn2c1. The van der Waals surface area contributed by atoms with Crippen molar-refractivity contribution >= 4 is 17.2 Å². The molecule has 0 aliphatic carbocycles. The minimum atomic E-state index is -0.220. The Kier molecular flexibility index (Phi) is 3.63. The zero-order chi connectivity index (χ0) is 17.2. The van der Waals surface area contributed by atoms with Crippen LogP contribution in [-0.2, 0) is 0 Å². The van der Waals surface area contributed by atoms with Crippen molar-refractivity contribution in [3.05, 3.63) is 78.8 Å². The van der Waals surface area contributed by atoms with Gasteiger partial charge in [0, 0.05) is 11.9 Å². The maximum atomic E-state index is 12.4. The van der Waals surface area contributed by atoms with Crippen LogP contribution in [0.4, 0.5) is 5.69 Å². The molecule has 0 aliphatic rings. The molecule has 6 heteroatoms. The molecule has 2 aromatic heterocycles. The van der Waals surface area contributed by atoms with Gasteiger partial charge in [0.25, 0.3) is 5.91 Å². The third-order valence-electron chi connectivity index (χ3n) is 3.86. The molecule has 0 bridgehead atoms. The van der Waals surface area contributed by atoms with Crippen molar-refractivity contribution in [2.75, 3.05) is 5.32 Å². The Balaban J connectivity index is 1.53. The summed E-state index contributed by atoms with van der Waals surface area (Å²) < 4.78 is 1.56. The molecule has 0 radical (unpaired) electrons. The molecule has 0 fully saturated rings. The highest BCUT2D eigenvalue weighted by molar-refractivity contribution is 6.04. The predicted molar refractivity (Wildman–Crippen MR) is 94.5 cm³/mol. The standard InChI is InChI=1S/C19H14N4O2/c24-17-3-1-2-14(10-17)13-4-7-16(8-5-13)22-19(25)15-6-9-18-20-12-21-23(18)11-15/h1-12,24H,(H,22,25). The molecule has 0 aliphatic heterocycles. The number of aromatic nitrogens is 3. The van der Waals surface area contributed by atoms with Crippen molar-refractivity contribution in [3.63, 3.8) is 0 Å². The monoisotopic (exact) mass is 330 g/mol. The van der Waals surface area contributed by atoms with Gasteiger partial charge in [0.1, 0.15) is 12.1 Å². The Morgan fingerprint density at radius 2 is 1.84 bits per heavy atom. The van der Waals surface area contributed by atoms with E-state index in [0.29, 0.717) is 16.9 Å². The van der Waals surface area contributed by atoms with Crippen LogP contribution in [0.15, 0.2) is 73.2 Å². The number of fused-ring (bicyclic) bond motifs is 1. The van der Waals surface area contributed by atoms with Crippen LogP contribution in [0.25, 0.3) is 16.8 Å². The average molecular weight is 330 g/mol. The summed E-state index contributed by atoms with van der Waals surface area (Å²) in [6, 6.07) is 17.9. The van der Waals surface area contributed by atoms with Gasteiger partial charge in [-0.25, -0.2) is 9.50 Å². The Morgan fingerprint density at radius 1 is 1.00 bits per heavy atom. The van der Waals surface area contributed by atoms with E-state index in [9.17, 15) is 9.90 Å². The molecule has 122 valence electrons. The number of pyridine rings is 1. The third kappa shape index (κ3) is 3.05. The second-order valence-corrected chi connectivity index (χ2v) is 5.56. The van der Waals surface area contributed by atoms with Gasteiger partial charge >= 0.3 is 0 Å². The fraction of sp³-hybridized carbons (Fsp3) is 0. The van der Waals surface area contributed by atoms with Gasteiger partial charge in [-0.15, -0.1) is 0 Å². The number of nitrogens with one attached hydrogen (secondary N) is 1. The maximum absolute atomic E-state index is 12.4. The first kappa shape index (κ1) is 14.9. The lowest BCUT2D eigenvalue weighted by Gasteiger charge is -2.07. The second-order valence-electron chi connectivity index (χ2n) is 5.56. The van der Waals surface area contributed by atoms with E-state index in [1.54, 1.807) is 41.0 Å². The summed E-state index contributed by atoms with van der Waals surface area (Å²) in [7, 11) is 0. The summed E-state index contributed by atoms with van der Waals surface area (Å²) in [5, 5.41) is 16.4. The molecule has 0 saturated heterocycles. The largest absolute Gasteiger partial charge is 0.508 e. The molecular weight excluding hydrogens is 316 g/mol. The van der Waals surface area contributed by atoms with Crippen molar-refractivity contribution in [3.8, 4) is 16.9 Å². The lowest BCUT2D eigenvalue weighted by molar-refractivity contribution is 0.102. The molecule has 1 amide bonds. The first-order valence-electron chi connectivity index (χ1n) is 7.69. The number of carbonyl (C=O) groups is 1. The molecule has 2 N–H and O–H groups in total. The third-order valence-corrected chi connectivity index (χ3v) is 3.86. The lowest BCUT2D eigenvalue weighted by atomic mass is 10.1. The zero-order valence-electron chi connectivity index (χ0n) is 13.1. The number of benzene rings is 2. The maximum Gasteiger partial charge on any atom is 0.257 e. The fourth-order valence-corrected chi connectivity index (χ4v) is 2.59. The van der Waals surface area contributed by atoms with E-state index in [4.69, 9.17) is 0 Å². The number of hydrogen-bond donors (Lipinski definition) is 2. The van der Waals surface area contributed by atoms with Crippen LogP contribution in [0.1, 0.15) is 10.4 Å². The van der Waals surface area contributed by atoms with Crippen LogP contribution in [0.3, 0.4) is 0 Å². The first-order chi connectivity index (χ1) is 12.2. The molecule has 0 spiro atoms. The van der Waals surface area contributed by atoms with Gasteiger partial charge in [-0.2, -0.15) is 5.10 Å². The summed E-state index contributed by atoms with van der Waals surface area (Å²) in [5.74, 6) is 0.000822. The number of anilines is 1. The minimum absolute atomic E-state index is 0.220. The molecule has 0 atom stereocenters. The molecule has 25 heavy (non-hydrogen) atoms. The summed E-state index contributed by atoms with van der Waals surface area (Å²) in [6.45, 7) is 0. The van der Waals surface area contributed by atoms with E-state index in [-0.39, 0.29) is 11.7 Å². The Morgan fingerprint density at radius 3 is 2.64 bits per heavy atom. The van der Waals surface area contributed by atoms with Crippen molar-refractivity contribution < 1.29 is 9.90 Å². The fourth-order valence-electron chi connectivity index (χ4n) is 2.59. The van der Waals surface area contributed by atoms with Crippen molar-refractivity contribution in [2.24, 2.45) is 0 Å². The predicted octanol–water partition coefficient (Wildman–Crippen LogP) is 3.35. The van der Waals surface area contributed by atoms with Crippen molar-refractivity contribution in [1.82, 2.24) is 14.6 Å². The Bertz CT molecular complexity index is 1050. The van der Waals surface area contributed by atoms with Crippen LogP contribution in [0.5, 0.6) is 5.75 Å². The van der Waals surface area contributed by atoms with E-state index in [0.717, 1.165) is 11.1 Å². The number of rotatable bonds is 3. The summed E-state index contributed by atoms with van der Waals surface area (Å²) in [6.07, 6.45) is 3.08. The number of amides is 1. The molecule has 0 saturated carbocycles. The van der Waals surface area contributed by atoms with Crippen molar-refractivity contribution in [1.29, 1.82) is 0 Å². The highest BCUT2D eigenvalue weighted by atomic mass is 16.3.